The van der Waals surface area contributed by atoms with E-state index < -0.39 is 10.8 Å². The summed E-state index contributed by atoms with van der Waals surface area (Å²) in [5, 5.41) is 0.966. The van der Waals surface area contributed by atoms with Gasteiger partial charge >= 0.3 is 0 Å². The number of hydrogen-bond acceptors (Lipinski definition) is 2. The molecule has 1 aliphatic carbocycles. The van der Waals surface area contributed by atoms with E-state index in [1.807, 2.05) is 18.2 Å². The minimum Gasteiger partial charge on any atom is -0.398 e. The number of nitrogen functional groups attached to an aromatic ring is 1. The van der Waals surface area contributed by atoms with Gasteiger partial charge in [-0.1, -0.05) is 36.9 Å². The molecule has 1 saturated carbocycles. The number of anilines is 1. The van der Waals surface area contributed by atoms with Crippen LogP contribution in [0, 0.1) is 0 Å². The normalized spacial score (nSPS) is 19.1. The van der Waals surface area contributed by atoms with Crippen LogP contribution in [-0.2, 0) is 16.6 Å². The summed E-state index contributed by atoms with van der Waals surface area (Å²) in [5.41, 5.74) is 7.38. The number of benzene rings is 1. The molecule has 4 heteroatoms. The SMILES string of the molecule is Nc1cccc(Cl)c1CS(=O)C1CCCCC1. The third-order valence-electron chi connectivity index (χ3n) is 3.37. The first-order valence-corrected chi connectivity index (χ1v) is 7.84. The Bertz CT molecular complexity index is 396. The molecule has 1 aliphatic rings. The van der Waals surface area contributed by atoms with Crippen LogP contribution in [-0.4, -0.2) is 9.46 Å². The van der Waals surface area contributed by atoms with Gasteiger partial charge in [-0.15, -0.1) is 0 Å². The Labute approximate surface area is 110 Å². The summed E-state index contributed by atoms with van der Waals surface area (Å²) < 4.78 is 12.3. The Morgan fingerprint density at radius 1 is 1.29 bits per heavy atom. The Hall–Kier alpha value is -0.540. The molecular formula is C13H18ClNOS. The van der Waals surface area contributed by atoms with Crippen LogP contribution in [0.1, 0.15) is 37.7 Å². The van der Waals surface area contributed by atoms with Gasteiger partial charge in [-0.2, -0.15) is 0 Å². The van der Waals surface area contributed by atoms with E-state index in [-0.39, 0.29) is 0 Å². The lowest BCUT2D eigenvalue weighted by Crippen LogP contribution is -2.20. The molecule has 1 aromatic carbocycles. The highest BCUT2D eigenvalue weighted by atomic mass is 35.5. The van der Waals surface area contributed by atoms with Gasteiger partial charge in [0, 0.05) is 32.3 Å². The largest absolute Gasteiger partial charge is 0.398 e. The van der Waals surface area contributed by atoms with E-state index in [2.05, 4.69) is 0 Å². The molecule has 0 spiro atoms. The number of rotatable bonds is 3. The topological polar surface area (TPSA) is 43.1 Å². The van der Waals surface area contributed by atoms with Crippen molar-refractivity contribution in [1.29, 1.82) is 0 Å². The first-order valence-electron chi connectivity index (χ1n) is 6.08. The van der Waals surface area contributed by atoms with Crippen LogP contribution in [0.5, 0.6) is 0 Å². The summed E-state index contributed by atoms with van der Waals surface area (Å²) >= 11 is 6.10. The Kier molecular flexibility index (Phi) is 4.46. The van der Waals surface area contributed by atoms with E-state index in [1.54, 1.807) is 0 Å². The van der Waals surface area contributed by atoms with Crippen LogP contribution in [0.25, 0.3) is 0 Å². The predicted octanol–water partition coefficient (Wildman–Crippen LogP) is 3.50. The smallest absolute Gasteiger partial charge is 0.0523 e. The van der Waals surface area contributed by atoms with Crippen molar-refractivity contribution in [3.8, 4) is 0 Å². The van der Waals surface area contributed by atoms with Crippen molar-refractivity contribution in [2.24, 2.45) is 0 Å². The third-order valence-corrected chi connectivity index (χ3v) is 5.51. The quantitative estimate of drug-likeness (QED) is 0.855. The fraction of sp³-hybridized carbons (Fsp3) is 0.538. The number of halogens is 1. The molecular weight excluding hydrogens is 254 g/mol. The Balaban J connectivity index is 2.07. The molecule has 0 aromatic heterocycles. The maximum Gasteiger partial charge on any atom is 0.0523 e. The maximum atomic E-state index is 12.3. The van der Waals surface area contributed by atoms with Crippen molar-refractivity contribution >= 4 is 28.1 Å². The van der Waals surface area contributed by atoms with Gasteiger partial charge in [0.1, 0.15) is 0 Å². The molecule has 0 aliphatic heterocycles. The first-order chi connectivity index (χ1) is 8.18. The molecule has 0 bridgehead atoms. The van der Waals surface area contributed by atoms with Crippen LogP contribution < -0.4 is 5.73 Å². The number of hydrogen-bond donors (Lipinski definition) is 1. The molecule has 2 N–H and O–H groups in total. The second-order valence-electron chi connectivity index (χ2n) is 4.59. The van der Waals surface area contributed by atoms with Crippen molar-refractivity contribution in [2.75, 3.05) is 5.73 Å². The van der Waals surface area contributed by atoms with Crippen LogP contribution in [0.15, 0.2) is 18.2 Å². The summed E-state index contributed by atoms with van der Waals surface area (Å²) in [6.07, 6.45) is 5.85. The highest BCUT2D eigenvalue weighted by Crippen LogP contribution is 2.28. The molecule has 1 fully saturated rings. The fourth-order valence-electron chi connectivity index (χ4n) is 2.32. The van der Waals surface area contributed by atoms with Gasteiger partial charge in [0.2, 0.25) is 0 Å². The van der Waals surface area contributed by atoms with E-state index in [0.29, 0.717) is 21.7 Å². The van der Waals surface area contributed by atoms with E-state index >= 15 is 0 Å². The second-order valence-corrected chi connectivity index (χ2v) is 6.72. The standard InChI is InChI=1S/C13H18ClNOS/c14-12-7-4-8-13(15)11(12)9-17(16)10-5-2-1-3-6-10/h4,7-8,10H,1-3,5-6,9,15H2. The zero-order valence-corrected chi connectivity index (χ0v) is 11.4. The zero-order valence-electron chi connectivity index (χ0n) is 9.82. The molecule has 1 unspecified atom stereocenters. The fourth-order valence-corrected chi connectivity index (χ4v) is 4.35. The van der Waals surface area contributed by atoms with Crippen LogP contribution in [0.4, 0.5) is 5.69 Å². The van der Waals surface area contributed by atoms with E-state index in [4.69, 9.17) is 17.3 Å². The minimum absolute atomic E-state index is 0.333. The second kappa shape index (κ2) is 5.87. The molecule has 2 nitrogen and oxygen atoms in total. The molecule has 1 aromatic rings. The van der Waals surface area contributed by atoms with Crippen molar-refractivity contribution in [3.63, 3.8) is 0 Å². The predicted molar refractivity (Wildman–Crippen MR) is 74.6 cm³/mol. The van der Waals surface area contributed by atoms with Gasteiger partial charge in [0.05, 0.1) is 5.75 Å². The molecule has 0 saturated heterocycles. The van der Waals surface area contributed by atoms with Gasteiger partial charge in [-0.25, -0.2) is 0 Å². The van der Waals surface area contributed by atoms with Crippen molar-refractivity contribution in [2.45, 2.75) is 43.1 Å². The highest BCUT2D eigenvalue weighted by molar-refractivity contribution is 7.84. The van der Waals surface area contributed by atoms with Gasteiger partial charge in [0.15, 0.2) is 0 Å². The monoisotopic (exact) mass is 271 g/mol. The van der Waals surface area contributed by atoms with E-state index in [0.717, 1.165) is 18.4 Å². The molecule has 17 heavy (non-hydrogen) atoms. The van der Waals surface area contributed by atoms with Crippen LogP contribution in [0.2, 0.25) is 5.02 Å². The zero-order chi connectivity index (χ0) is 12.3. The van der Waals surface area contributed by atoms with E-state index in [9.17, 15) is 4.21 Å². The van der Waals surface area contributed by atoms with Gasteiger partial charge < -0.3 is 5.73 Å². The van der Waals surface area contributed by atoms with Gasteiger partial charge in [-0.3, -0.25) is 4.21 Å². The van der Waals surface area contributed by atoms with Gasteiger partial charge in [-0.05, 0) is 25.0 Å². The lowest BCUT2D eigenvalue weighted by molar-refractivity contribution is 0.504. The molecule has 0 radical (unpaired) electrons. The summed E-state index contributed by atoms with van der Waals surface area (Å²) in [6.45, 7) is 0. The van der Waals surface area contributed by atoms with Crippen LogP contribution >= 0.6 is 11.6 Å². The van der Waals surface area contributed by atoms with Crippen molar-refractivity contribution < 1.29 is 4.21 Å². The van der Waals surface area contributed by atoms with E-state index in [1.165, 1.54) is 19.3 Å². The average molecular weight is 272 g/mol. The van der Waals surface area contributed by atoms with Gasteiger partial charge in [0.25, 0.3) is 0 Å². The summed E-state index contributed by atoms with van der Waals surface area (Å²) in [4.78, 5) is 0. The number of nitrogens with two attached hydrogens (primary N) is 1. The molecule has 1 atom stereocenters. The van der Waals surface area contributed by atoms with Crippen molar-refractivity contribution in [1.82, 2.24) is 0 Å². The highest BCUT2D eigenvalue weighted by Gasteiger charge is 2.21. The minimum atomic E-state index is -0.842. The lowest BCUT2D eigenvalue weighted by atomic mass is 10.0. The molecule has 0 heterocycles. The van der Waals surface area contributed by atoms with Crippen molar-refractivity contribution in [3.05, 3.63) is 28.8 Å². The van der Waals surface area contributed by atoms with Crippen LogP contribution in [0.3, 0.4) is 0 Å². The lowest BCUT2D eigenvalue weighted by Gasteiger charge is -2.21. The molecule has 2 rings (SSSR count). The maximum absolute atomic E-state index is 12.3. The summed E-state index contributed by atoms with van der Waals surface area (Å²) in [5.74, 6) is 0.496. The molecule has 0 amide bonds. The summed E-state index contributed by atoms with van der Waals surface area (Å²) in [6, 6.07) is 5.45. The third kappa shape index (κ3) is 3.23. The molecule has 94 valence electrons. The summed E-state index contributed by atoms with van der Waals surface area (Å²) in [7, 11) is -0.842. The first kappa shape index (κ1) is 12.9. The Morgan fingerprint density at radius 3 is 2.65 bits per heavy atom. The average Bonchev–Trinajstić information content (AvgIpc) is 2.35. The Morgan fingerprint density at radius 2 is 2.00 bits per heavy atom.